The number of nitrogens with zero attached hydrogens (tertiary/aromatic N) is 6. The van der Waals surface area contributed by atoms with Gasteiger partial charge in [-0.25, -0.2) is 29.9 Å². The molecule has 45 heavy (non-hydrogen) atoms. The van der Waals surface area contributed by atoms with Gasteiger partial charge in [0.05, 0.1) is 0 Å². The van der Waals surface area contributed by atoms with Gasteiger partial charge in [-0.05, 0) is 18.4 Å². The summed E-state index contributed by atoms with van der Waals surface area (Å²) >= 11 is 0. The molecule has 218 valence electrons. The van der Waals surface area contributed by atoms with Crippen LogP contribution in [0.1, 0.15) is 25.3 Å². The number of hydrogen-bond donors (Lipinski definition) is 2. The first-order valence-electron chi connectivity index (χ1n) is 15.0. The fourth-order valence-electron chi connectivity index (χ4n) is 6.34. The number of fused-ring (bicyclic) bond motifs is 20. The molecule has 5 heterocycles. The molecule has 2 aliphatic rings. The minimum Gasteiger partial charge on any atom is -0.324 e. The lowest BCUT2D eigenvalue weighted by molar-refractivity contribution is 0.799. The molecule has 0 saturated carbocycles. The van der Waals surface area contributed by atoms with Crippen LogP contribution >= 0.6 is 12.4 Å². The highest BCUT2D eigenvalue weighted by Gasteiger charge is 2.22. The number of aromatic nitrogens is 8. The first-order chi connectivity index (χ1) is 21.7. The normalized spacial score (nSPS) is 11.8. The minimum absolute atomic E-state index is 0. The summed E-state index contributed by atoms with van der Waals surface area (Å²) in [7, 11) is 0. The van der Waals surface area contributed by atoms with E-state index in [2.05, 4.69) is 47.2 Å². The zero-order chi connectivity index (χ0) is 29.2. The summed E-state index contributed by atoms with van der Waals surface area (Å²) in [4.78, 5) is 37.5. The molecule has 0 saturated heterocycles. The molecule has 8 bridgehead atoms. The lowest BCUT2D eigenvalue weighted by Gasteiger charge is -2.02. The molecule has 0 aliphatic carbocycles. The Labute approximate surface area is 264 Å². The Kier molecular flexibility index (Phi) is 6.39. The summed E-state index contributed by atoms with van der Waals surface area (Å²) < 4.78 is 0. The molecule has 9 rings (SSSR count). The van der Waals surface area contributed by atoms with Crippen molar-refractivity contribution in [1.82, 2.24) is 39.9 Å². The van der Waals surface area contributed by atoms with E-state index < -0.39 is 0 Å². The summed E-state index contributed by atoms with van der Waals surface area (Å²) in [5, 5.41) is 3.99. The van der Waals surface area contributed by atoms with Crippen molar-refractivity contribution in [3.8, 4) is 45.6 Å². The van der Waals surface area contributed by atoms with Crippen LogP contribution in [0.25, 0.3) is 89.7 Å². The highest BCUT2D eigenvalue weighted by atomic mass is 35.5. The van der Waals surface area contributed by atoms with Crippen LogP contribution in [0.15, 0.2) is 91.0 Å². The van der Waals surface area contributed by atoms with E-state index in [1.807, 2.05) is 60.7 Å². The lowest BCUT2D eigenvalue weighted by Crippen LogP contribution is -1.87. The molecule has 3 aromatic heterocycles. The predicted octanol–water partition coefficient (Wildman–Crippen LogP) is 8.63. The fraction of sp³-hybridized carbons (Fsp3) is 0.111. The first kappa shape index (κ1) is 27.1. The summed E-state index contributed by atoms with van der Waals surface area (Å²) in [5.41, 5.74) is 7.82. The molecular weight excluding hydrogens is 580 g/mol. The van der Waals surface area contributed by atoms with Crippen LogP contribution in [-0.2, 0) is 6.42 Å². The minimum atomic E-state index is 0. The second-order valence-corrected chi connectivity index (χ2v) is 11.2. The molecule has 9 heteroatoms. The molecule has 0 amide bonds. The van der Waals surface area contributed by atoms with E-state index in [0.717, 1.165) is 68.7 Å². The Morgan fingerprint density at radius 1 is 0.467 bits per heavy atom. The third-order valence-corrected chi connectivity index (χ3v) is 8.47. The number of aryl methyl sites for hydroxylation is 1. The van der Waals surface area contributed by atoms with Crippen molar-refractivity contribution in [2.24, 2.45) is 0 Å². The molecular formula is C36H27ClN8. The SMILES string of the molecule is CCCCc1cccc2c3nc4nc(nc5[nH]c(nc6nc(nc([nH]3)c12)-c1ccccc1-6)c1ccccc51)-c1ccccc1-4.Cl. The van der Waals surface area contributed by atoms with Gasteiger partial charge in [-0.3, -0.25) is 0 Å². The number of nitrogens with one attached hydrogen (secondary N) is 2. The number of aromatic amines is 2. The maximum Gasteiger partial charge on any atom is 0.164 e. The molecule has 0 radical (unpaired) electrons. The van der Waals surface area contributed by atoms with Gasteiger partial charge < -0.3 is 9.97 Å². The third-order valence-electron chi connectivity index (χ3n) is 8.47. The Bertz CT molecular complexity index is 2450. The topological polar surface area (TPSA) is 109 Å². The zero-order valence-corrected chi connectivity index (χ0v) is 25.2. The number of rotatable bonds is 3. The molecule has 0 atom stereocenters. The van der Waals surface area contributed by atoms with Gasteiger partial charge in [0.25, 0.3) is 0 Å². The van der Waals surface area contributed by atoms with Gasteiger partial charge in [-0.1, -0.05) is 104 Å². The maximum atomic E-state index is 5.18. The number of H-pyrrole nitrogens is 2. The molecule has 2 N–H and O–H groups in total. The van der Waals surface area contributed by atoms with Crippen LogP contribution in [0.3, 0.4) is 0 Å². The molecule has 0 fully saturated rings. The second-order valence-electron chi connectivity index (χ2n) is 11.2. The van der Waals surface area contributed by atoms with Gasteiger partial charge in [0.2, 0.25) is 0 Å². The van der Waals surface area contributed by atoms with E-state index in [0.29, 0.717) is 40.2 Å². The van der Waals surface area contributed by atoms with Crippen molar-refractivity contribution in [3.63, 3.8) is 0 Å². The molecule has 4 aromatic carbocycles. The van der Waals surface area contributed by atoms with Crippen molar-refractivity contribution < 1.29 is 0 Å². The third kappa shape index (κ3) is 4.29. The maximum absolute atomic E-state index is 5.18. The van der Waals surface area contributed by atoms with Crippen LogP contribution in [0, 0.1) is 0 Å². The average molecular weight is 607 g/mol. The number of halogens is 1. The van der Waals surface area contributed by atoms with Crippen LogP contribution in [0.2, 0.25) is 0 Å². The molecule has 0 unspecified atom stereocenters. The quantitative estimate of drug-likeness (QED) is 0.208. The lowest BCUT2D eigenvalue weighted by atomic mass is 10.0. The van der Waals surface area contributed by atoms with Crippen molar-refractivity contribution in [1.29, 1.82) is 0 Å². The van der Waals surface area contributed by atoms with Crippen molar-refractivity contribution in [2.45, 2.75) is 26.2 Å². The summed E-state index contributed by atoms with van der Waals surface area (Å²) in [5.74, 6) is 2.44. The Hall–Kier alpha value is -5.47. The standard InChI is InChI=1S/C36H26N8.ClH/c1-2-3-11-20-12-10-19-27-28(20)36-43-34-26-18-9-8-17-25(26)32(41-34)39-30-22-14-5-4-13-21(22)29(37-30)38-31-23-15-6-7-16-24(23)33(40-31)42-35(27)44-36;/h4-10,12-19H,2-3,11H2,1H3,(H2,37,38,39,40,41,42,43,44);1H. The van der Waals surface area contributed by atoms with Gasteiger partial charge >= 0.3 is 0 Å². The molecule has 0 spiro atoms. The molecule has 7 aromatic rings. The van der Waals surface area contributed by atoms with Gasteiger partial charge in [0, 0.05) is 43.8 Å². The van der Waals surface area contributed by atoms with Crippen molar-refractivity contribution in [3.05, 3.63) is 96.6 Å². The van der Waals surface area contributed by atoms with Crippen molar-refractivity contribution in [2.75, 3.05) is 0 Å². The smallest absolute Gasteiger partial charge is 0.164 e. The van der Waals surface area contributed by atoms with E-state index in [1.165, 1.54) is 5.56 Å². The summed E-state index contributed by atoms with van der Waals surface area (Å²) in [6.07, 6.45) is 3.14. The average Bonchev–Trinajstić information content (AvgIpc) is 3.79. The highest BCUT2D eigenvalue weighted by Crippen LogP contribution is 2.37. The van der Waals surface area contributed by atoms with E-state index >= 15 is 0 Å². The molecule has 2 aliphatic heterocycles. The van der Waals surface area contributed by atoms with E-state index in [-0.39, 0.29) is 12.4 Å². The van der Waals surface area contributed by atoms with Gasteiger partial charge in [0.15, 0.2) is 23.3 Å². The fourth-order valence-corrected chi connectivity index (χ4v) is 6.34. The van der Waals surface area contributed by atoms with E-state index in [1.54, 1.807) is 0 Å². The van der Waals surface area contributed by atoms with Crippen LogP contribution in [-0.4, -0.2) is 39.9 Å². The summed E-state index contributed by atoms with van der Waals surface area (Å²) in [6, 6.07) is 30.7. The van der Waals surface area contributed by atoms with Gasteiger partial charge in [0.1, 0.15) is 22.6 Å². The first-order valence-corrected chi connectivity index (χ1v) is 15.0. The second kappa shape index (κ2) is 10.6. The Morgan fingerprint density at radius 2 is 0.889 bits per heavy atom. The zero-order valence-electron chi connectivity index (χ0n) is 24.4. The number of unbranched alkanes of at least 4 members (excludes halogenated alkanes) is 1. The number of hydrogen-bond acceptors (Lipinski definition) is 6. The Balaban J connectivity index is 0.00000300. The van der Waals surface area contributed by atoms with Crippen LogP contribution < -0.4 is 0 Å². The monoisotopic (exact) mass is 606 g/mol. The predicted molar refractivity (Wildman–Crippen MR) is 182 cm³/mol. The Morgan fingerprint density at radius 3 is 1.40 bits per heavy atom. The van der Waals surface area contributed by atoms with E-state index in [4.69, 9.17) is 29.9 Å². The van der Waals surface area contributed by atoms with E-state index in [9.17, 15) is 0 Å². The van der Waals surface area contributed by atoms with Gasteiger partial charge in [-0.2, -0.15) is 0 Å². The van der Waals surface area contributed by atoms with Gasteiger partial charge in [-0.15, -0.1) is 12.4 Å². The summed E-state index contributed by atoms with van der Waals surface area (Å²) in [6.45, 7) is 2.21. The molecule has 8 nitrogen and oxygen atoms in total. The van der Waals surface area contributed by atoms with Crippen molar-refractivity contribution >= 4 is 56.5 Å². The largest absolute Gasteiger partial charge is 0.324 e. The van der Waals surface area contributed by atoms with Crippen LogP contribution in [0.5, 0.6) is 0 Å². The van der Waals surface area contributed by atoms with Crippen LogP contribution in [0.4, 0.5) is 0 Å². The highest BCUT2D eigenvalue weighted by molar-refractivity contribution is 6.07. The number of benzene rings is 4.